The van der Waals surface area contributed by atoms with E-state index in [9.17, 15) is 24.3 Å². The molecule has 0 aliphatic rings. The molecule has 0 aliphatic heterocycles. The molecule has 0 saturated carbocycles. The molecule has 206 valence electrons. The number of aromatic hydroxyl groups is 1. The van der Waals surface area contributed by atoms with Gasteiger partial charge in [0, 0.05) is 25.1 Å². The Balaban J connectivity index is 2.44. The van der Waals surface area contributed by atoms with Crippen molar-refractivity contribution in [3.8, 4) is 5.75 Å². The Bertz CT molecular complexity index is 1100. The Hall–Kier alpha value is -4.08. The summed E-state index contributed by atoms with van der Waals surface area (Å²) in [6.07, 6.45) is -0.624. The normalized spacial score (nSPS) is 12.6. The van der Waals surface area contributed by atoms with E-state index >= 15 is 0 Å². The number of nitrogens with two attached hydrogens (primary N) is 1. The topological polar surface area (TPSA) is 151 Å². The number of phenols is 1. The summed E-state index contributed by atoms with van der Waals surface area (Å²) in [5.41, 5.74) is 5.58. The minimum absolute atomic E-state index is 0.0905. The molecule has 5 N–H and O–H groups in total. The summed E-state index contributed by atoms with van der Waals surface area (Å²) < 4.78 is 5.31. The molecule has 0 fully saturated rings. The molecule has 10 nitrogen and oxygen atoms in total. The van der Waals surface area contributed by atoms with Crippen LogP contribution in [0.15, 0.2) is 54.6 Å². The Morgan fingerprint density at radius 2 is 1.66 bits per heavy atom. The lowest BCUT2D eigenvalue weighted by Gasteiger charge is -2.34. The van der Waals surface area contributed by atoms with E-state index in [1.54, 1.807) is 39.0 Å². The van der Waals surface area contributed by atoms with Crippen LogP contribution >= 0.6 is 0 Å². The van der Waals surface area contributed by atoms with Gasteiger partial charge in [0.15, 0.2) is 0 Å². The van der Waals surface area contributed by atoms with Crippen molar-refractivity contribution >= 4 is 23.8 Å². The Kier molecular flexibility index (Phi) is 11.1. The monoisotopic (exact) mass is 526 g/mol. The molecule has 38 heavy (non-hydrogen) atoms. The Labute approximate surface area is 223 Å². The maximum Gasteiger partial charge on any atom is 0.408 e. The van der Waals surface area contributed by atoms with Gasteiger partial charge < -0.3 is 31.1 Å². The third-order valence-corrected chi connectivity index (χ3v) is 5.52. The van der Waals surface area contributed by atoms with Crippen molar-refractivity contribution in [2.24, 2.45) is 5.73 Å². The number of carbonyl (C=O) groups is 4. The largest absolute Gasteiger partial charge is 0.508 e. The fourth-order valence-electron chi connectivity index (χ4n) is 3.85. The Morgan fingerprint density at radius 1 is 1.03 bits per heavy atom. The molecule has 0 aliphatic carbocycles. The van der Waals surface area contributed by atoms with E-state index in [-0.39, 0.29) is 37.2 Å². The first-order valence-corrected chi connectivity index (χ1v) is 12.6. The highest BCUT2D eigenvalue weighted by Gasteiger charge is 2.37. The summed E-state index contributed by atoms with van der Waals surface area (Å²) in [4.78, 5) is 52.9. The maximum atomic E-state index is 13.9. The molecule has 0 heterocycles. The highest BCUT2D eigenvalue weighted by atomic mass is 16.6. The molecule has 10 heteroatoms. The molecular weight excluding hydrogens is 488 g/mol. The number of hydrogen-bond donors (Lipinski definition) is 4. The first-order valence-electron chi connectivity index (χ1n) is 12.6. The average molecular weight is 527 g/mol. The van der Waals surface area contributed by atoms with Gasteiger partial charge in [0.2, 0.25) is 17.7 Å². The molecule has 0 spiro atoms. The fraction of sp³-hybridized carbons (Fsp3) is 0.429. The van der Waals surface area contributed by atoms with Crippen molar-refractivity contribution in [3.63, 3.8) is 0 Å². The van der Waals surface area contributed by atoms with E-state index in [0.717, 1.165) is 5.56 Å². The summed E-state index contributed by atoms with van der Waals surface area (Å²) in [7, 11) is 0. The van der Waals surface area contributed by atoms with Crippen LogP contribution in [0.3, 0.4) is 0 Å². The van der Waals surface area contributed by atoms with Crippen LogP contribution in [-0.4, -0.2) is 52.0 Å². The van der Waals surface area contributed by atoms with E-state index in [1.165, 1.54) is 11.0 Å². The van der Waals surface area contributed by atoms with Crippen LogP contribution < -0.4 is 16.4 Å². The highest BCUT2D eigenvalue weighted by molar-refractivity contribution is 5.92. The zero-order valence-corrected chi connectivity index (χ0v) is 22.4. The molecular formula is C28H38N4O6. The van der Waals surface area contributed by atoms with Crippen molar-refractivity contribution in [2.45, 2.75) is 71.2 Å². The van der Waals surface area contributed by atoms with Gasteiger partial charge in [-0.2, -0.15) is 0 Å². The molecule has 0 aromatic heterocycles. The van der Waals surface area contributed by atoms with Gasteiger partial charge in [0.05, 0.1) is 0 Å². The van der Waals surface area contributed by atoms with Crippen LogP contribution in [0.1, 0.15) is 64.1 Å². The molecule has 0 bridgehead atoms. The number of nitrogens with one attached hydrogen (secondary N) is 2. The number of rotatable bonds is 12. The molecule has 0 saturated heterocycles. The van der Waals surface area contributed by atoms with Crippen LogP contribution in [0.25, 0.3) is 0 Å². The van der Waals surface area contributed by atoms with Crippen LogP contribution in [0.2, 0.25) is 0 Å². The van der Waals surface area contributed by atoms with E-state index in [4.69, 9.17) is 10.5 Å². The fourth-order valence-corrected chi connectivity index (χ4v) is 3.85. The summed E-state index contributed by atoms with van der Waals surface area (Å²) in [5, 5.41) is 16.0. The zero-order chi connectivity index (χ0) is 28.3. The van der Waals surface area contributed by atoms with Gasteiger partial charge in [-0.3, -0.25) is 14.4 Å². The van der Waals surface area contributed by atoms with E-state index in [2.05, 4.69) is 10.6 Å². The number of alkyl carbamates (subject to hydrolysis) is 1. The SMILES string of the molecule is CCCN(C(=O)C(CCC(N)=O)NC(=O)OC(C)(C)C)C(C(=O)NCc1ccccc1)c1ccccc1O. The number of ether oxygens (including phenoxy) is 1. The third kappa shape index (κ3) is 9.42. The van der Waals surface area contributed by atoms with Gasteiger partial charge in [-0.15, -0.1) is 0 Å². The van der Waals surface area contributed by atoms with Crippen molar-refractivity contribution in [1.82, 2.24) is 15.5 Å². The minimum Gasteiger partial charge on any atom is -0.508 e. The summed E-state index contributed by atoms with van der Waals surface area (Å²) >= 11 is 0. The summed E-state index contributed by atoms with van der Waals surface area (Å²) in [5.74, 6) is -1.92. The number of amides is 4. The van der Waals surface area contributed by atoms with Gasteiger partial charge in [0.25, 0.3) is 0 Å². The second kappa shape index (κ2) is 14.0. The van der Waals surface area contributed by atoms with Crippen molar-refractivity contribution in [3.05, 3.63) is 65.7 Å². The minimum atomic E-state index is -1.20. The van der Waals surface area contributed by atoms with Gasteiger partial charge in [0.1, 0.15) is 23.4 Å². The van der Waals surface area contributed by atoms with E-state index < -0.39 is 41.5 Å². The molecule has 4 amide bonds. The molecule has 0 radical (unpaired) electrons. The van der Waals surface area contributed by atoms with Crippen LogP contribution in [0, 0.1) is 0 Å². The van der Waals surface area contributed by atoms with Crippen molar-refractivity contribution in [2.75, 3.05) is 6.54 Å². The second-order valence-electron chi connectivity index (χ2n) is 9.90. The number of carbonyl (C=O) groups excluding carboxylic acids is 4. The summed E-state index contributed by atoms with van der Waals surface area (Å²) in [6, 6.07) is 13.1. The van der Waals surface area contributed by atoms with Crippen LogP contribution in [0.4, 0.5) is 4.79 Å². The number of phenolic OH excluding ortho intramolecular Hbond substituents is 1. The van der Waals surface area contributed by atoms with Crippen molar-refractivity contribution in [1.29, 1.82) is 0 Å². The van der Waals surface area contributed by atoms with Gasteiger partial charge in [-0.05, 0) is 45.2 Å². The molecule has 2 atom stereocenters. The highest BCUT2D eigenvalue weighted by Crippen LogP contribution is 2.30. The van der Waals surface area contributed by atoms with Crippen LogP contribution in [-0.2, 0) is 25.7 Å². The Morgan fingerprint density at radius 3 is 2.24 bits per heavy atom. The van der Waals surface area contributed by atoms with Gasteiger partial charge in [-0.1, -0.05) is 55.5 Å². The van der Waals surface area contributed by atoms with E-state index in [0.29, 0.717) is 6.42 Å². The summed E-state index contributed by atoms with van der Waals surface area (Å²) in [6.45, 7) is 7.23. The molecule has 2 rings (SSSR count). The number of primary amides is 1. The van der Waals surface area contributed by atoms with Crippen molar-refractivity contribution < 1.29 is 29.0 Å². The quantitative estimate of drug-likeness (QED) is 0.334. The van der Waals surface area contributed by atoms with Gasteiger partial charge in [-0.25, -0.2) is 4.79 Å². The lowest BCUT2D eigenvalue weighted by molar-refractivity contribution is -0.143. The molecule has 2 aromatic carbocycles. The smallest absolute Gasteiger partial charge is 0.408 e. The standard InChI is InChI=1S/C28H38N4O6/c1-5-17-32(26(36)21(15-16-23(29)34)31-27(37)38-28(2,3)4)24(20-13-9-10-14-22(20)33)25(35)30-18-19-11-7-6-8-12-19/h6-14,21,24,33H,5,15-18H2,1-4H3,(H2,29,34)(H,30,35)(H,31,37). The number of benzene rings is 2. The number of nitrogens with zero attached hydrogens (tertiary/aromatic N) is 1. The average Bonchev–Trinajstić information content (AvgIpc) is 2.85. The van der Waals surface area contributed by atoms with Gasteiger partial charge >= 0.3 is 6.09 Å². The third-order valence-electron chi connectivity index (χ3n) is 5.52. The number of hydrogen-bond acceptors (Lipinski definition) is 6. The second-order valence-corrected chi connectivity index (χ2v) is 9.90. The maximum absolute atomic E-state index is 13.9. The van der Waals surface area contributed by atoms with Crippen LogP contribution in [0.5, 0.6) is 5.75 Å². The lowest BCUT2D eigenvalue weighted by atomic mass is 10.00. The first kappa shape index (κ1) is 30.1. The molecule has 2 aromatic rings. The predicted molar refractivity (Wildman–Crippen MR) is 143 cm³/mol. The van der Waals surface area contributed by atoms with E-state index in [1.807, 2.05) is 37.3 Å². The predicted octanol–water partition coefficient (Wildman–Crippen LogP) is 3.15. The zero-order valence-electron chi connectivity index (χ0n) is 22.4. The molecule has 2 unspecified atom stereocenters. The lowest BCUT2D eigenvalue weighted by Crippen LogP contribution is -2.53. The number of para-hydroxylation sites is 1. The first-order chi connectivity index (χ1) is 17.9.